The molecule has 2 aromatic rings. The van der Waals surface area contributed by atoms with Gasteiger partial charge in [0.05, 0.1) is 21.8 Å². The molecule has 0 bridgehead atoms. The Labute approximate surface area is 110 Å². The van der Waals surface area contributed by atoms with Gasteiger partial charge in [-0.05, 0) is 24.8 Å². The highest BCUT2D eigenvalue weighted by atomic mass is 32.1. The van der Waals surface area contributed by atoms with Gasteiger partial charge in [-0.3, -0.25) is 9.67 Å². The number of nitrogens with zero attached hydrogens (tertiary/aromatic N) is 3. The van der Waals surface area contributed by atoms with Crippen LogP contribution in [-0.4, -0.2) is 28.6 Å². The molecular weight excluding hydrogens is 244 g/mol. The summed E-state index contributed by atoms with van der Waals surface area (Å²) in [4.78, 5) is 5.99. The minimum Gasteiger partial charge on any atom is -0.370 e. The van der Waals surface area contributed by atoms with E-state index in [-0.39, 0.29) is 0 Å². The fourth-order valence-electron chi connectivity index (χ4n) is 2.31. The van der Waals surface area contributed by atoms with Crippen molar-refractivity contribution >= 4 is 22.9 Å². The number of aryl methyl sites for hydroxylation is 2. The molecule has 0 amide bonds. The first-order valence-corrected chi connectivity index (χ1v) is 7.01. The van der Waals surface area contributed by atoms with E-state index in [0.29, 0.717) is 0 Å². The van der Waals surface area contributed by atoms with Gasteiger partial charge in [-0.25, -0.2) is 0 Å². The summed E-state index contributed by atoms with van der Waals surface area (Å²) in [6.07, 6.45) is 1.05. The third kappa shape index (κ3) is 1.84. The molecule has 2 aromatic heterocycles. The van der Waals surface area contributed by atoms with Crippen molar-refractivity contribution in [2.75, 3.05) is 18.4 Å². The molecule has 0 saturated heterocycles. The second kappa shape index (κ2) is 4.57. The molecule has 4 nitrogen and oxygen atoms in total. The first kappa shape index (κ1) is 11.5. The van der Waals surface area contributed by atoms with E-state index in [0.717, 1.165) is 42.3 Å². The average molecular weight is 260 g/mol. The number of aliphatic imine (C=N–C) groups is 1. The molecule has 0 spiro atoms. The standard InChI is InChI=1S/C13H16N4S/c1-9-11-12(10-5-3-8-18-10)14-6-4-7-15-13(11)17(2)16-9/h3,5,8,15H,4,6-7H2,1-2H3. The molecule has 0 radical (unpaired) electrons. The van der Waals surface area contributed by atoms with Crippen LogP contribution in [0.5, 0.6) is 0 Å². The summed E-state index contributed by atoms with van der Waals surface area (Å²) in [5.74, 6) is 1.08. The molecule has 0 saturated carbocycles. The Balaban J connectivity index is 2.19. The lowest BCUT2D eigenvalue weighted by Gasteiger charge is -2.14. The van der Waals surface area contributed by atoms with E-state index >= 15 is 0 Å². The van der Waals surface area contributed by atoms with Crippen LogP contribution < -0.4 is 5.32 Å². The highest BCUT2D eigenvalue weighted by molar-refractivity contribution is 7.12. The number of thiophene rings is 1. The Bertz CT molecular complexity index is 580. The first-order chi connectivity index (χ1) is 8.77. The molecule has 3 heterocycles. The van der Waals surface area contributed by atoms with E-state index in [1.165, 1.54) is 4.88 Å². The molecule has 94 valence electrons. The summed E-state index contributed by atoms with van der Waals surface area (Å²) in [5, 5.41) is 10.1. The van der Waals surface area contributed by atoms with Gasteiger partial charge in [0.1, 0.15) is 5.82 Å². The Kier molecular flexibility index (Phi) is 2.91. The largest absolute Gasteiger partial charge is 0.370 e. The number of hydrogen-bond acceptors (Lipinski definition) is 4. The van der Waals surface area contributed by atoms with Crippen molar-refractivity contribution in [2.24, 2.45) is 12.0 Å². The van der Waals surface area contributed by atoms with Crippen LogP contribution in [0.2, 0.25) is 0 Å². The number of hydrogen-bond donors (Lipinski definition) is 1. The van der Waals surface area contributed by atoms with Crippen LogP contribution in [0.3, 0.4) is 0 Å². The highest BCUT2D eigenvalue weighted by Gasteiger charge is 2.21. The Morgan fingerprint density at radius 3 is 3.11 bits per heavy atom. The number of nitrogens with one attached hydrogen (secondary N) is 1. The molecule has 0 aromatic carbocycles. The van der Waals surface area contributed by atoms with Crippen LogP contribution in [-0.2, 0) is 7.05 Å². The minimum absolute atomic E-state index is 0.869. The first-order valence-electron chi connectivity index (χ1n) is 6.13. The fraction of sp³-hybridized carbons (Fsp3) is 0.385. The van der Waals surface area contributed by atoms with Crippen LogP contribution >= 0.6 is 11.3 Å². The van der Waals surface area contributed by atoms with E-state index < -0.39 is 0 Å². The number of rotatable bonds is 1. The Hall–Kier alpha value is -1.62. The van der Waals surface area contributed by atoms with E-state index in [1.54, 1.807) is 11.3 Å². The molecule has 0 aliphatic carbocycles. The molecule has 1 N–H and O–H groups in total. The summed E-state index contributed by atoms with van der Waals surface area (Å²) >= 11 is 1.73. The van der Waals surface area contributed by atoms with Crippen molar-refractivity contribution in [3.63, 3.8) is 0 Å². The van der Waals surface area contributed by atoms with Crippen LogP contribution in [0.15, 0.2) is 22.5 Å². The van der Waals surface area contributed by atoms with Gasteiger partial charge in [-0.15, -0.1) is 11.3 Å². The maximum Gasteiger partial charge on any atom is 0.133 e. The topological polar surface area (TPSA) is 42.2 Å². The highest BCUT2D eigenvalue weighted by Crippen LogP contribution is 2.26. The van der Waals surface area contributed by atoms with Gasteiger partial charge in [0.15, 0.2) is 0 Å². The van der Waals surface area contributed by atoms with Gasteiger partial charge >= 0.3 is 0 Å². The zero-order valence-corrected chi connectivity index (χ0v) is 11.4. The average Bonchev–Trinajstić information content (AvgIpc) is 2.89. The maximum atomic E-state index is 4.77. The van der Waals surface area contributed by atoms with Crippen molar-refractivity contribution in [1.29, 1.82) is 0 Å². The van der Waals surface area contributed by atoms with E-state index in [9.17, 15) is 0 Å². The zero-order valence-electron chi connectivity index (χ0n) is 10.6. The number of anilines is 1. The molecule has 3 rings (SSSR count). The van der Waals surface area contributed by atoms with Crippen molar-refractivity contribution in [3.8, 4) is 0 Å². The fourth-order valence-corrected chi connectivity index (χ4v) is 3.05. The second-order valence-electron chi connectivity index (χ2n) is 4.42. The van der Waals surface area contributed by atoms with Crippen LogP contribution in [0, 0.1) is 6.92 Å². The molecule has 5 heteroatoms. The van der Waals surface area contributed by atoms with Crippen molar-refractivity contribution in [3.05, 3.63) is 33.6 Å². The normalized spacial score (nSPS) is 15.3. The molecule has 1 aliphatic heterocycles. The summed E-state index contributed by atoms with van der Waals surface area (Å²) in [6.45, 7) is 3.87. The lowest BCUT2D eigenvalue weighted by Crippen LogP contribution is -2.15. The number of aromatic nitrogens is 2. The van der Waals surface area contributed by atoms with Gasteiger partial charge in [-0.1, -0.05) is 6.07 Å². The maximum absolute atomic E-state index is 4.77. The smallest absolute Gasteiger partial charge is 0.133 e. The Morgan fingerprint density at radius 2 is 2.33 bits per heavy atom. The van der Waals surface area contributed by atoms with Gasteiger partial charge in [0.25, 0.3) is 0 Å². The van der Waals surface area contributed by atoms with E-state index in [2.05, 4.69) is 27.9 Å². The molecular formula is C13H16N4S. The van der Waals surface area contributed by atoms with Crippen molar-refractivity contribution < 1.29 is 0 Å². The predicted octanol–water partition coefficient (Wildman–Crippen LogP) is 2.44. The SMILES string of the molecule is Cc1nn(C)c2c1C(c1cccs1)=NCCCN2. The van der Waals surface area contributed by atoms with Gasteiger partial charge in [0.2, 0.25) is 0 Å². The lowest BCUT2D eigenvalue weighted by atomic mass is 10.1. The van der Waals surface area contributed by atoms with E-state index in [4.69, 9.17) is 4.99 Å². The molecule has 0 fully saturated rings. The van der Waals surface area contributed by atoms with E-state index in [1.807, 2.05) is 18.7 Å². The minimum atomic E-state index is 0.869. The summed E-state index contributed by atoms with van der Waals surface area (Å²) in [5.41, 5.74) is 3.27. The second-order valence-corrected chi connectivity index (χ2v) is 5.37. The molecule has 1 aliphatic rings. The van der Waals surface area contributed by atoms with Gasteiger partial charge in [-0.2, -0.15) is 5.10 Å². The van der Waals surface area contributed by atoms with Crippen molar-refractivity contribution in [1.82, 2.24) is 9.78 Å². The summed E-state index contributed by atoms with van der Waals surface area (Å²) < 4.78 is 1.92. The van der Waals surface area contributed by atoms with Gasteiger partial charge in [0, 0.05) is 20.1 Å². The van der Waals surface area contributed by atoms with Crippen LogP contribution in [0.25, 0.3) is 0 Å². The summed E-state index contributed by atoms with van der Waals surface area (Å²) in [6, 6.07) is 4.20. The third-order valence-corrected chi connectivity index (χ3v) is 3.99. The quantitative estimate of drug-likeness (QED) is 0.855. The third-order valence-electron chi connectivity index (χ3n) is 3.11. The predicted molar refractivity (Wildman–Crippen MR) is 75.9 cm³/mol. The molecule has 0 unspecified atom stereocenters. The van der Waals surface area contributed by atoms with Gasteiger partial charge < -0.3 is 5.32 Å². The zero-order chi connectivity index (χ0) is 12.5. The molecule has 18 heavy (non-hydrogen) atoms. The Morgan fingerprint density at radius 1 is 1.44 bits per heavy atom. The lowest BCUT2D eigenvalue weighted by molar-refractivity contribution is 0.752. The van der Waals surface area contributed by atoms with Crippen LogP contribution in [0.1, 0.15) is 22.6 Å². The van der Waals surface area contributed by atoms with Crippen LogP contribution in [0.4, 0.5) is 5.82 Å². The molecule has 0 atom stereocenters. The van der Waals surface area contributed by atoms with Crippen molar-refractivity contribution in [2.45, 2.75) is 13.3 Å². The summed E-state index contributed by atoms with van der Waals surface area (Å²) in [7, 11) is 1.98. The number of fused-ring (bicyclic) bond motifs is 1. The monoisotopic (exact) mass is 260 g/mol.